The molecule has 3 aromatic rings. The molecule has 0 unspecified atom stereocenters. The van der Waals surface area contributed by atoms with Crippen LogP contribution in [0.25, 0.3) is 15.9 Å². The summed E-state index contributed by atoms with van der Waals surface area (Å²) in [6.07, 6.45) is 5.17. The van der Waals surface area contributed by atoms with Crippen molar-refractivity contribution in [2.75, 3.05) is 12.3 Å². The first-order valence-electron chi connectivity index (χ1n) is 10.5. The number of aromatic nitrogens is 2. The number of carbonyl (C=O) groups excluding carboxylic acids is 1. The Morgan fingerprint density at radius 2 is 2.07 bits per heavy atom. The molecule has 0 fully saturated rings. The van der Waals surface area contributed by atoms with E-state index in [1.807, 2.05) is 39.0 Å². The van der Waals surface area contributed by atoms with Gasteiger partial charge in [0, 0.05) is 11.4 Å². The van der Waals surface area contributed by atoms with Crippen molar-refractivity contribution in [2.24, 2.45) is 0 Å². The van der Waals surface area contributed by atoms with Gasteiger partial charge >= 0.3 is 0 Å². The number of thiophene rings is 1. The first kappa shape index (κ1) is 21.1. The van der Waals surface area contributed by atoms with Gasteiger partial charge in [0.15, 0.2) is 5.16 Å². The normalized spacial score (nSPS) is 13.4. The lowest BCUT2D eigenvalue weighted by molar-refractivity contribution is -0.118. The minimum absolute atomic E-state index is 0.00966. The van der Waals surface area contributed by atoms with Crippen LogP contribution in [-0.4, -0.2) is 27.8 Å². The standard InChI is InChI=1S/C23H27N3O2S2/c1-4-11-24-19(27)13-29-23-25-21-20(16-7-5-6-8-18(16)30-21)22(28)26(23)17-12-14(2)9-10-15(17)3/h9-10,12H,4-8,11,13H2,1-3H3,(H,24,27). The van der Waals surface area contributed by atoms with E-state index in [0.717, 1.165) is 52.7 Å². The molecule has 0 saturated heterocycles. The van der Waals surface area contributed by atoms with Crippen LogP contribution in [-0.2, 0) is 17.6 Å². The van der Waals surface area contributed by atoms with E-state index in [4.69, 9.17) is 4.98 Å². The second kappa shape index (κ2) is 8.94. The largest absolute Gasteiger partial charge is 0.355 e. The molecule has 5 nitrogen and oxygen atoms in total. The Bertz CT molecular complexity index is 1160. The van der Waals surface area contributed by atoms with E-state index in [1.54, 1.807) is 15.9 Å². The fraction of sp³-hybridized carbons (Fsp3) is 0.435. The van der Waals surface area contributed by atoms with E-state index >= 15 is 0 Å². The highest BCUT2D eigenvalue weighted by Gasteiger charge is 2.23. The summed E-state index contributed by atoms with van der Waals surface area (Å²) in [7, 11) is 0. The van der Waals surface area contributed by atoms with Crippen molar-refractivity contribution < 1.29 is 4.79 Å². The van der Waals surface area contributed by atoms with E-state index in [1.165, 1.54) is 28.6 Å². The lowest BCUT2D eigenvalue weighted by atomic mass is 9.97. The summed E-state index contributed by atoms with van der Waals surface area (Å²) in [6.45, 7) is 6.72. The summed E-state index contributed by atoms with van der Waals surface area (Å²) in [5.74, 6) is 0.211. The number of nitrogens with zero attached hydrogens (tertiary/aromatic N) is 2. The highest BCUT2D eigenvalue weighted by molar-refractivity contribution is 7.99. The maximum Gasteiger partial charge on any atom is 0.267 e. The number of aryl methyl sites for hydroxylation is 4. The number of benzene rings is 1. The van der Waals surface area contributed by atoms with E-state index in [-0.39, 0.29) is 17.2 Å². The van der Waals surface area contributed by atoms with Crippen molar-refractivity contribution in [1.29, 1.82) is 0 Å². The topological polar surface area (TPSA) is 64.0 Å². The summed E-state index contributed by atoms with van der Waals surface area (Å²) in [5, 5.41) is 4.26. The van der Waals surface area contributed by atoms with Gasteiger partial charge in [-0.3, -0.25) is 14.2 Å². The number of hydrogen-bond donors (Lipinski definition) is 1. The molecular weight excluding hydrogens is 414 g/mol. The van der Waals surface area contributed by atoms with E-state index in [0.29, 0.717) is 11.7 Å². The van der Waals surface area contributed by atoms with Gasteiger partial charge in [0.05, 0.1) is 16.8 Å². The van der Waals surface area contributed by atoms with Crippen LogP contribution in [0.3, 0.4) is 0 Å². The Labute approximate surface area is 184 Å². The van der Waals surface area contributed by atoms with Gasteiger partial charge in [-0.15, -0.1) is 11.3 Å². The number of thioether (sulfide) groups is 1. The van der Waals surface area contributed by atoms with Crippen LogP contribution in [0.15, 0.2) is 28.2 Å². The van der Waals surface area contributed by atoms with Gasteiger partial charge in [-0.25, -0.2) is 4.98 Å². The molecule has 30 heavy (non-hydrogen) atoms. The van der Waals surface area contributed by atoms with Gasteiger partial charge in [-0.05, 0) is 68.7 Å². The van der Waals surface area contributed by atoms with Crippen LogP contribution in [0.1, 0.15) is 47.8 Å². The lowest BCUT2D eigenvalue weighted by Gasteiger charge is -2.16. The van der Waals surface area contributed by atoms with Gasteiger partial charge in [0.2, 0.25) is 5.91 Å². The van der Waals surface area contributed by atoms with Crippen LogP contribution < -0.4 is 10.9 Å². The van der Waals surface area contributed by atoms with Gasteiger partial charge < -0.3 is 5.32 Å². The molecule has 4 rings (SSSR count). The Balaban J connectivity index is 1.87. The molecule has 1 aliphatic rings. The van der Waals surface area contributed by atoms with E-state index < -0.39 is 0 Å². The molecule has 7 heteroatoms. The van der Waals surface area contributed by atoms with Gasteiger partial charge in [0.25, 0.3) is 5.56 Å². The summed E-state index contributed by atoms with van der Waals surface area (Å²) in [4.78, 5) is 33.0. The molecular formula is C23H27N3O2S2. The monoisotopic (exact) mass is 441 g/mol. The molecule has 0 atom stereocenters. The highest BCUT2D eigenvalue weighted by Crippen LogP contribution is 2.35. The van der Waals surface area contributed by atoms with Crippen LogP contribution in [0.2, 0.25) is 0 Å². The van der Waals surface area contributed by atoms with E-state index in [9.17, 15) is 9.59 Å². The Hall–Kier alpha value is -2.12. The Kier molecular flexibility index (Phi) is 6.29. The predicted octanol–water partition coefficient (Wildman–Crippen LogP) is 4.56. The summed E-state index contributed by atoms with van der Waals surface area (Å²) < 4.78 is 1.73. The summed E-state index contributed by atoms with van der Waals surface area (Å²) >= 11 is 2.99. The molecule has 0 aliphatic heterocycles. The number of rotatable bonds is 6. The zero-order valence-corrected chi connectivity index (χ0v) is 19.3. The third-order valence-electron chi connectivity index (χ3n) is 5.47. The number of amides is 1. The SMILES string of the molecule is CCCNC(=O)CSc1nc2sc3c(c2c(=O)n1-c1cc(C)ccc1C)CCCC3. The number of carbonyl (C=O) groups is 1. The zero-order valence-electron chi connectivity index (χ0n) is 17.7. The predicted molar refractivity (Wildman–Crippen MR) is 125 cm³/mol. The number of fused-ring (bicyclic) bond motifs is 3. The lowest BCUT2D eigenvalue weighted by Crippen LogP contribution is -2.27. The maximum atomic E-state index is 13.8. The molecule has 2 aromatic heterocycles. The molecule has 0 spiro atoms. The molecule has 0 radical (unpaired) electrons. The molecule has 1 N–H and O–H groups in total. The van der Waals surface area contributed by atoms with Gasteiger partial charge in [-0.1, -0.05) is 30.8 Å². The van der Waals surface area contributed by atoms with Crippen molar-refractivity contribution in [3.05, 3.63) is 50.1 Å². The zero-order chi connectivity index (χ0) is 21.3. The number of nitrogens with one attached hydrogen (secondary N) is 1. The van der Waals surface area contributed by atoms with Gasteiger partial charge in [0.1, 0.15) is 4.83 Å². The second-order valence-corrected chi connectivity index (χ2v) is 9.88. The minimum Gasteiger partial charge on any atom is -0.355 e. The summed E-state index contributed by atoms with van der Waals surface area (Å²) in [5.41, 5.74) is 4.14. The molecule has 2 heterocycles. The minimum atomic E-state index is -0.0332. The fourth-order valence-electron chi connectivity index (χ4n) is 3.90. The quantitative estimate of drug-likeness (QED) is 0.450. The average Bonchev–Trinajstić information content (AvgIpc) is 3.11. The molecule has 0 bridgehead atoms. The molecule has 1 aliphatic carbocycles. The third-order valence-corrected chi connectivity index (χ3v) is 7.59. The second-order valence-electron chi connectivity index (χ2n) is 7.85. The van der Waals surface area contributed by atoms with Crippen molar-refractivity contribution in [3.63, 3.8) is 0 Å². The smallest absolute Gasteiger partial charge is 0.267 e. The third kappa shape index (κ3) is 4.05. The van der Waals surface area contributed by atoms with Crippen LogP contribution >= 0.6 is 23.1 Å². The summed E-state index contributed by atoms with van der Waals surface area (Å²) in [6, 6.07) is 6.12. The Morgan fingerprint density at radius 3 is 2.87 bits per heavy atom. The fourth-order valence-corrected chi connectivity index (χ4v) is 6.04. The van der Waals surface area contributed by atoms with Crippen molar-refractivity contribution >= 4 is 39.2 Å². The van der Waals surface area contributed by atoms with Crippen molar-refractivity contribution in [1.82, 2.24) is 14.9 Å². The van der Waals surface area contributed by atoms with Gasteiger partial charge in [-0.2, -0.15) is 0 Å². The molecule has 0 saturated carbocycles. The van der Waals surface area contributed by atoms with Crippen LogP contribution in [0, 0.1) is 13.8 Å². The van der Waals surface area contributed by atoms with Crippen LogP contribution in [0.4, 0.5) is 0 Å². The first-order chi connectivity index (χ1) is 14.5. The van der Waals surface area contributed by atoms with Crippen molar-refractivity contribution in [3.8, 4) is 5.69 Å². The molecule has 1 aromatic carbocycles. The van der Waals surface area contributed by atoms with Crippen LogP contribution in [0.5, 0.6) is 0 Å². The Morgan fingerprint density at radius 1 is 1.27 bits per heavy atom. The average molecular weight is 442 g/mol. The van der Waals surface area contributed by atoms with E-state index in [2.05, 4.69) is 5.32 Å². The number of hydrogen-bond acceptors (Lipinski definition) is 5. The first-order valence-corrected chi connectivity index (χ1v) is 12.3. The molecule has 1 amide bonds. The highest BCUT2D eigenvalue weighted by atomic mass is 32.2. The maximum absolute atomic E-state index is 13.8. The molecule has 158 valence electrons. The van der Waals surface area contributed by atoms with Crippen molar-refractivity contribution in [2.45, 2.75) is 58.0 Å².